The van der Waals surface area contributed by atoms with Gasteiger partial charge in [-0.05, 0) is 0 Å². The number of aliphatic carboxylic acids is 3. The molecule has 0 amide bonds. The Labute approximate surface area is 173 Å². The molecule has 4 N–H and O–H groups in total. The van der Waals surface area contributed by atoms with Crippen molar-refractivity contribution in [2.75, 3.05) is 0 Å². The first kappa shape index (κ1) is 29.0. The second-order valence-corrected chi connectivity index (χ2v) is 3.97. The Balaban J connectivity index is -0.000000128. The van der Waals surface area contributed by atoms with Crippen molar-refractivity contribution < 1.29 is 128 Å². The van der Waals surface area contributed by atoms with Crippen molar-refractivity contribution in [2.45, 2.75) is 18.4 Å². The third-order valence-corrected chi connectivity index (χ3v) is 2.06. The van der Waals surface area contributed by atoms with Crippen LogP contribution < -0.4 is 59.1 Å². The van der Waals surface area contributed by atoms with Gasteiger partial charge in [0.1, 0.15) is 0 Å². The van der Waals surface area contributed by atoms with E-state index in [1.54, 1.807) is 0 Å². The quantitative estimate of drug-likeness (QED) is 0.243. The van der Waals surface area contributed by atoms with Gasteiger partial charge in [-0.3, -0.25) is 14.1 Å². The molecule has 0 radical (unpaired) electrons. The number of hydrogen-bond acceptors (Lipinski definition) is 6. The smallest absolute Gasteiger partial charge is 1.00 e. The first-order valence-electron chi connectivity index (χ1n) is 3.83. The van der Waals surface area contributed by atoms with Crippen LogP contribution in [0.1, 0.15) is 15.7 Å². The third kappa shape index (κ3) is 11.6. The van der Waals surface area contributed by atoms with Crippen LogP contribution in [0.15, 0.2) is 0 Å². The van der Waals surface area contributed by atoms with E-state index in [2.05, 4.69) is 4.18 Å². The molecule has 14 heteroatoms. The molecule has 104 valence electrons. The van der Waals surface area contributed by atoms with Gasteiger partial charge in [-0.15, -0.1) is 0 Å². The Morgan fingerprint density at radius 3 is 1.45 bits per heavy atom. The fraction of sp³-hybridized carbons (Fsp3) is 0.500. The third-order valence-electron chi connectivity index (χ3n) is 1.53. The molecule has 0 aliphatic heterocycles. The molecule has 0 bridgehead atoms. The molecule has 20 heavy (non-hydrogen) atoms. The first-order valence-corrected chi connectivity index (χ1v) is 5.20. The SMILES string of the molecule is O=C(O)CC(CC(=O)O)(OS(=O)(=O)O)C(=O)O.[H-].[H-].[Na+].[Na+].[Zn]. The van der Waals surface area contributed by atoms with E-state index in [4.69, 9.17) is 19.9 Å². The van der Waals surface area contributed by atoms with Crippen LogP contribution in [0.2, 0.25) is 0 Å². The van der Waals surface area contributed by atoms with Crippen molar-refractivity contribution in [3.63, 3.8) is 0 Å². The number of hydrogen-bond donors (Lipinski definition) is 4. The average molecular weight is 386 g/mol. The second-order valence-electron chi connectivity index (χ2n) is 2.95. The van der Waals surface area contributed by atoms with E-state index in [1.165, 1.54) is 0 Å². The summed E-state index contributed by atoms with van der Waals surface area (Å²) in [7, 11) is -5.33. The predicted octanol–water partition coefficient (Wildman–Crippen LogP) is -7.19. The molecule has 0 heterocycles. The minimum atomic E-state index is -5.33. The molecular weight excluding hydrogens is 375 g/mol. The standard InChI is InChI=1S/C6H8O10S.2Na.Zn.2H/c7-3(8)1-6(5(11)12,2-4(9)10)16-17(13,14)15;;;;;/h1-2H2,(H,7,8)(H,9,10)(H,11,12)(H,13,14,15);;;;;/q;2*+1;;2*-1. The molecule has 0 saturated heterocycles. The molecule has 0 aliphatic carbocycles. The monoisotopic (exact) mass is 384 g/mol. The van der Waals surface area contributed by atoms with Crippen molar-refractivity contribution in [3.05, 3.63) is 0 Å². The normalized spacial score (nSPS) is 10.2. The summed E-state index contributed by atoms with van der Waals surface area (Å²) in [6.07, 6.45) is -2.90. The maximum Gasteiger partial charge on any atom is 1.00 e. The van der Waals surface area contributed by atoms with Gasteiger partial charge < -0.3 is 18.2 Å². The summed E-state index contributed by atoms with van der Waals surface area (Å²) >= 11 is 0. The maximum absolute atomic E-state index is 10.7. The Morgan fingerprint density at radius 1 is 1.00 bits per heavy atom. The van der Waals surface area contributed by atoms with Crippen LogP contribution in [0, 0.1) is 0 Å². The van der Waals surface area contributed by atoms with Crippen LogP contribution in [0.3, 0.4) is 0 Å². The fourth-order valence-electron chi connectivity index (χ4n) is 0.998. The predicted molar refractivity (Wildman–Crippen MR) is 49.7 cm³/mol. The topological polar surface area (TPSA) is 175 Å². The van der Waals surface area contributed by atoms with E-state index in [-0.39, 0.29) is 81.4 Å². The summed E-state index contributed by atoms with van der Waals surface area (Å²) in [6.45, 7) is 0. The molecular formula is C6H10Na2O10SZn. The van der Waals surface area contributed by atoms with Gasteiger partial charge in [-0.2, -0.15) is 8.42 Å². The summed E-state index contributed by atoms with van der Waals surface area (Å²) in [5.41, 5.74) is -3.09. The maximum atomic E-state index is 10.7. The number of carbonyl (C=O) groups is 3. The largest absolute Gasteiger partial charge is 1.00 e. The van der Waals surface area contributed by atoms with Crippen LogP contribution in [-0.4, -0.2) is 51.8 Å². The first-order chi connectivity index (χ1) is 7.48. The van der Waals surface area contributed by atoms with Crippen molar-refractivity contribution in [1.29, 1.82) is 0 Å². The van der Waals surface area contributed by atoms with E-state index >= 15 is 0 Å². The Hall–Kier alpha value is 0.903. The Kier molecular flexibility index (Phi) is 16.6. The number of carboxylic acid groups (broad SMARTS) is 3. The van der Waals surface area contributed by atoms with Crippen molar-refractivity contribution in [2.24, 2.45) is 0 Å². The van der Waals surface area contributed by atoms with Crippen LogP contribution in [-0.2, 0) is 48.4 Å². The van der Waals surface area contributed by atoms with Gasteiger partial charge >= 0.3 is 87.4 Å². The molecule has 0 atom stereocenters. The van der Waals surface area contributed by atoms with E-state index < -0.39 is 46.7 Å². The van der Waals surface area contributed by atoms with E-state index in [0.29, 0.717) is 0 Å². The number of rotatable bonds is 7. The van der Waals surface area contributed by atoms with E-state index in [9.17, 15) is 22.8 Å². The molecule has 0 saturated carbocycles. The zero-order chi connectivity index (χ0) is 13.9. The van der Waals surface area contributed by atoms with Crippen LogP contribution in [0.4, 0.5) is 0 Å². The van der Waals surface area contributed by atoms with Crippen LogP contribution >= 0.6 is 0 Å². The summed E-state index contributed by atoms with van der Waals surface area (Å²) in [5, 5.41) is 25.4. The van der Waals surface area contributed by atoms with Crippen molar-refractivity contribution in [3.8, 4) is 0 Å². The minimum absolute atomic E-state index is 0. The van der Waals surface area contributed by atoms with Crippen molar-refractivity contribution in [1.82, 2.24) is 0 Å². The van der Waals surface area contributed by atoms with Gasteiger partial charge in [-0.25, -0.2) is 8.98 Å². The molecule has 0 aromatic heterocycles. The van der Waals surface area contributed by atoms with Gasteiger partial charge in [0.15, 0.2) is 0 Å². The van der Waals surface area contributed by atoms with Crippen LogP contribution in [0.25, 0.3) is 0 Å². The van der Waals surface area contributed by atoms with Gasteiger partial charge in [0.05, 0.1) is 12.8 Å². The Morgan fingerprint density at radius 2 is 1.30 bits per heavy atom. The number of carboxylic acids is 3. The molecule has 0 spiro atoms. The Bertz CT molecular complexity index is 442. The summed E-state index contributed by atoms with van der Waals surface area (Å²) in [4.78, 5) is 31.5. The second kappa shape index (κ2) is 11.5. The van der Waals surface area contributed by atoms with Gasteiger partial charge in [-0.1, -0.05) is 0 Å². The summed E-state index contributed by atoms with van der Waals surface area (Å²) < 4.78 is 32.8. The molecule has 0 fully saturated rings. The molecule has 0 rings (SSSR count). The zero-order valence-electron chi connectivity index (χ0n) is 12.8. The minimum Gasteiger partial charge on any atom is -1.00 e. The van der Waals surface area contributed by atoms with E-state index in [1.807, 2.05) is 0 Å². The summed E-state index contributed by atoms with van der Waals surface area (Å²) in [5.74, 6) is -5.76. The fourth-order valence-corrected chi connectivity index (χ4v) is 1.59. The van der Waals surface area contributed by atoms with Crippen LogP contribution in [0.5, 0.6) is 0 Å². The van der Waals surface area contributed by atoms with E-state index in [0.717, 1.165) is 0 Å². The zero-order valence-corrected chi connectivity index (χ0v) is 18.6. The van der Waals surface area contributed by atoms with Gasteiger partial charge in [0.2, 0.25) is 5.60 Å². The molecule has 0 aliphatic rings. The van der Waals surface area contributed by atoms with Gasteiger partial charge in [0.25, 0.3) is 0 Å². The molecule has 0 unspecified atom stereocenters. The summed E-state index contributed by atoms with van der Waals surface area (Å²) in [6, 6.07) is 0. The molecule has 10 nitrogen and oxygen atoms in total. The average Bonchev–Trinajstić information content (AvgIpc) is 1.96. The molecule has 0 aromatic rings. The molecule has 0 aromatic carbocycles. The van der Waals surface area contributed by atoms with Gasteiger partial charge in [0, 0.05) is 19.5 Å². The van der Waals surface area contributed by atoms with Crippen molar-refractivity contribution >= 4 is 28.3 Å².